The van der Waals surface area contributed by atoms with Crippen LogP contribution in [0.15, 0.2) is 12.1 Å². The van der Waals surface area contributed by atoms with Gasteiger partial charge >= 0.3 is 0 Å². The zero-order valence-electron chi connectivity index (χ0n) is 9.58. The molecule has 0 aromatic heterocycles. The number of aliphatic hydroxyl groups excluding tert-OH is 1. The topological polar surface area (TPSA) is 55.5 Å². The molecule has 0 heterocycles. The first-order valence-electron chi connectivity index (χ1n) is 5.19. The number of nitrogens with two attached hydrogens (primary N) is 1. The molecule has 84 valence electrons. The molecule has 1 unspecified atom stereocenters. The van der Waals surface area contributed by atoms with E-state index in [4.69, 9.17) is 15.6 Å². The van der Waals surface area contributed by atoms with Crippen LogP contribution in [0.3, 0.4) is 0 Å². The van der Waals surface area contributed by atoms with Crippen LogP contribution in [0.1, 0.15) is 24.5 Å². The SMILES string of the molecule is Cc1ccc(N)c(C)c1OCCC(C)O. The second kappa shape index (κ2) is 5.03. The summed E-state index contributed by atoms with van der Waals surface area (Å²) in [4.78, 5) is 0. The molecule has 0 saturated carbocycles. The Morgan fingerprint density at radius 2 is 2.07 bits per heavy atom. The highest BCUT2D eigenvalue weighted by Crippen LogP contribution is 2.27. The van der Waals surface area contributed by atoms with Crippen LogP contribution >= 0.6 is 0 Å². The molecule has 0 spiro atoms. The predicted octanol–water partition coefficient (Wildman–Crippen LogP) is 2.04. The molecule has 1 rings (SSSR count). The van der Waals surface area contributed by atoms with Crippen molar-refractivity contribution in [2.45, 2.75) is 33.3 Å². The standard InChI is InChI=1S/C12H19NO2/c1-8-4-5-11(13)10(3)12(8)15-7-6-9(2)14/h4-5,9,14H,6-7,13H2,1-3H3. The zero-order chi connectivity index (χ0) is 11.4. The number of nitrogen functional groups attached to an aromatic ring is 1. The molecule has 0 bridgehead atoms. The third-order valence-corrected chi connectivity index (χ3v) is 2.43. The second-order valence-electron chi connectivity index (χ2n) is 3.91. The Balaban J connectivity index is 2.71. The summed E-state index contributed by atoms with van der Waals surface area (Å²) >= 11 is 0. The maximum Gasteiger partial charge on any atom is 0.127 e. The fraction of sp³-hybridized carbons (Fsp3) is 0.500. The first kappa shape index (κ1) is 11.9. The molecule has 0 aliphatic heterocycles. The quantitative estimate of drug-likeness (QED) is 0.746. The maximum absolute atomic E-state index is 9.12. The van der Waals surface area contributed by atoms with E-state index < -0.39 is 0 Å². The lowest BCUT2D eigenvalue weighted by atomic mass is 10.1. The lowest BCUT2D eigenvalue weighted by Crippen LogP contribution is -2.09. The number of aliphatic hydroxyl groups is 1. The van der Waals surface area contributed by atoms with Gasteiger partial charge in [0, 0.05) is 17.7 Å². The fourth-order valence-corrected chi connectivity index (χ4v) is 1.40. The number of rotatable bonds is 4. The minimum Gasteiger partial charge on any atom is -0.493 e. The zero-order valence-corrected chi connectivity index (χ0v) is 9.58. The highest BCUT2D eigenvalue weighted by atomic mass is 16.5. The molecule has 0 aliphatic rings. The van der Waals surface area contributed by atoms with Crippen molar-refractivity contribution >= 4 is 5.69 Å². The third kappa shape index (κ3) is 3.13. The van der Waals surface area contributed by atoms with E-state index in [1.165, 1.54) is 0 Å². The van der Waals surface area contributed by atoms with Crippen molar-refractivity contribution < 1.29 is 9.84 Å². The Hall–Kier alpha value is -1.22. The highest BCUT2D eigenvalue weighted by molar-refractivity contribution is 5.56. The molecule has 15 heavy (non-hydrogen) atoms. The molecule has 0 aliphatic carbocycles. The first-order chi connectivity index (χ1) is 7.02. The number of hydrogen-bond donors (Lipinski definition) is 2. The van der Waals surface area contributed by atoms with Crippen molar-refractivity contribution in [1.82, 2.24) is 0 Å². The summed E-state index contributed by atoms with van der Waals surface area (Å²) in [5.74, 6) is 0.843. The molecule has 3 nitrogen and oxygen atoms in total. The van der Waals surface area contributed by atoms with Crippen molar-refractivity contribution in [3.05, 3.63) is 23.3 Å². The molecule has 3 N–H and O–H groups in total. The van der Waals surface area contributed by atoms with E-state index in [2.05, 4.69) is 0 Å². The van der Waals surface area contributed by atoms with Crippen molar-refractivity contribution in [3.63, 3.8) is 0 Å². The normalized spacial score (nSPS) is 12.5. The van der Waals surface area contributed by atoms with Crippen molar-refractivity contribution in [2.75, 3.05) is 12.3 Å². The van der Waals surface area contributed by atoms with Gasteiger partial charge in [0.05, 0.1) is 12.7 Å². The van der Waals surface area contributed by atoms with Crippen LogP contribution in [0.5, 0.6) is 5.75 Å². The first-order valence-corrected chi connectivity index (χ1v) is 5.19. The van der Waals surface area contributed by atoms with Crippen LogP contribution < -0.4 is 10.5 Å². The Bertz CT molecular complexity index is 335. The molecular formula is C12H19NO2. The summed E-state index contributed by atoms with van der Waals surface area (Å²) in [6.45, 7) is 6.20. The van der Waals surface area contributed by atoms with Crippen LogP contribution in [0.25, 0.3) is 0 Å². The molecule has 3 heteroatoms. The molecular weight excluding hydrogens is 190 g/mol. The van der Waals surface area contributed by atoms with Crippen molar-refractivity contribution in [3.8, 4) is 5.75 Å². The van der Waals surface area contributed by atoms with Gasteiger partial charge in [-0.25, -0.2) is 0 Å². The monoisotopic (exact) mass is 209 g/mol. The van der Waals surface area contributed by atoms with Gasteiger partial charge in [-0.05, 0) is 32.4 Å². The number of benzene rings is 1. The summed E-state index contributed by atoms with van der Waals surface area (Å²) in [6.07, 6.45) is 0.305. The highest BCUT2D eigenvalue weighted by Gasteiger charge is 2.07. The van der Waals surface area contributed by atoms with Gasteiger partial charge in [-0.15, -0.1) is 0 Å². The minimum atomic E-state index is -0.327. The van der Waals surface area contributed by atoms with Crippen LogP contribution in [-0.4, -0.2) is 17.8 Å². The van der Waals surface area contributed by atoms with E-state index in [9.17, 15) is 0 Å². The molecule has 0 fully saturated rings. The number of ether oxygens (including phenoxy) is 1. The van der Waals surface area contributed by atoms with Crippen molar-refractivity contribution in [1.29, 1.82) is 0 Å². The average Bonchev–Trinajstić information content (AvgIpc) is 2.17. The summed E-state index contributed by atoms with van der Waals surface area (Å²) < 4.78 is 5.62. The molecule has 0 saturated heterocycles. The van der Waals surface area contributed by atoms with Gasteiger partial charge in [-0.1, -0.05) is 6.07 Å². The Labute approximate surface area is 90.9 Å². The Kier molecular flexibility index (Phi) is 3.97. The maximum atomic E-state index is 9.12. The molecule has 0 radical (unpaired) electrons. The van der Waals surface area contributed by atoms with Gasteiger partial charge in [0.15, 0.2) is 0 Å². The van der Waals surface area contributed by atoms with Gasteiger partial charge in [-0.2, -0.15) is 0 Å². The van der Waals surface area contributed by atoms with Crippen LogP contribution in [0.2, 0.25) is 0 Å². The van der Waals surface area contributed by atoms with E-state index in [0.29, 0.717) is 13.0 Å². The minimum absolute atomic E-state index is 0.327. The van der Waals surface area contributed by atoms with Gasteiger partial charge in [-0.3, -0.25) is 0 Å². The van der Waals surface area contributed by atoms with Crippen LogP contribution in [0, 0.1) is 13.8 Å². The average molecular weight is 209 g/mol. The van der Waals surface area contributed by atoms with E-state index >= 15 is 0 Å². The van der Waals surface area contributed by atoms with E-state index in [1.54, 1.807) is 6.92 Å². The van der Waals surface area contributed by atoms with Gasteiger partial charge < -0.3 is 15.6 Å². The third-order valence-electron chi connectivity index (χ3n) is 2.43. The van der Waals surface area contributed by atoms with Crippen LogP contribution in [0.4, 0.5) is 5.69 Å². The number of hydrogen-bond acceptors (Lipinski definition) is 3. The number of anilines is 1. The lowest BCUT2D eigenvalue weighted by Gasteiger charge is -2.14. The van der Waals surface area contributed by atoms with Gasteiger partial charge in [0.1, 0.15) is 5.75 Å². The van der Waals surface area contributed by atoms with Gasteiger partial charge in [0.2, 0.25) is 0 Å². The van der Waals surface area contributed by atoms with Crippen LogP contribution in [-0.2, 0) is 0 Å². The lowest BCUT2D eigenvalue weighted by molar-refractivity contribution is 0.155. The smallest absolute Gasteiger partial charge is 0.127 e. The van der Waals surface area contributed by atoms with E-state index in [-0.39, 0.29) is 6.10 Å². The summed E-state index contributed by atoms with van der Waals surface area (Å²) in [7, 11) is 0. The van der Waals surface area contributed by atoms with E-state index in [0.717, 1.165) is 22.6 Å². The summed E-state index contributed by atoms with van der Waals surface area (Å²) in [6, 6.07) is 3.83. The second-order valence-corrected chi connectivity index (χ2v) is 3.91. The largest absolute Gasteiger partial charge is 0.493 e. The van der Waals surface area contributed by atoms with E-state index in [1.807, 2.05) is 26.0 Å². The predicted molar refractivity (Wildman–Crippen MR) is 62.1 cm³/mol. The number of aryl methyl sites for hydroxylation is 1. The molecule has 1 aromatic carbocycles. The fourth-order valence-electron chi connectivity index (χ4n) is 1.40. The Morgan fingerprint density at radius 3 is 2.67 bits per heavy atom. The summed E-state index contributed by atoms with van der Waals surface area (Å²) in [5.41, 5.74) is 8.58. The Morgan fingerprint density at radius 1 is 1.40 bits per heavy atom. The van der Waals surface area contributed by atoms with Gasteiger partial charge in [0.25, 0.3) is 0 Å². The van der Waals surface area contributed by atoms with Crippen molar-refractivity contribution in [2.24, 2.45) is 0 Å². The molecule has 1 atom stereocenters. The summed E-state index contributed by atoms with van der Waals surface area (Å²) in [5, 5.41) is 9.12. The molecule has 1 aromatic rings. The molecule has 0 amide bonds.